The zero-order chi connectivity index (χ0) is 19.1. The zero-order valence-electron chi connectivity index (χ0n) is 15.0. The molecule has 0 fully saturated rings. The molecule has 0 amide bonds. The normalized spacial score (nSPS) is 11.1. The van der Waals surface area contributed by atoms with Crippen LogP contribution in [0.15, 0.2) is 65.8 Å². The summed E-state index contributed by atoms with van der Waals surface area (Å²) in [5.41, 5.74) is 3.42. The Morgan fingerprint density at radius 2 is 1.81 bits per heavy atom. The van der Waals surface area contributed by atoms with Crippen LogP contribution in [0.3, 0.4) is 0 Å². The van der Waals surface area contributed by atoms with E-state index in [0.717, 1.165) is 42.0 Å². The van der Waals surface area contributed by atoms with Gasteiger partial charge in [0.25, 0.3) is 0 Å². The van der Waals surface area contributed by atoms with Crippen LogP contribution in [-0.2, 0) is 12.8 Å². The van der Waals surface area contributed by atoms with E-state index in [1.54, 1.807) is 6.21 Å². The summed E-state index contributed by atoms with van der Waals surface area (Å²) < 4.78 is 31.8. The van der Waals surface area contributed by atoms with Crippen molar-refractivity contribution in [2.24, 2.45) is 4.99 Å². The highest BCUT2D eigenvalue weighted by Gasteiger charge is 2.01. The number of nitrogens with zero attached hydrogens (tertiary/aromatic N) is 2. The van der Waals surface area contributed by atoms with Crippen molar-refractivity contribution in [3.63, 3.8) is 0 Å². The molecule has 0 aliphatic carbocycles. The first-order valence-electron chi connectivity index (χ1n) is 8.80. The van der Waals surface area contributed by atoms with Gasteiger partial charge >= 0.3 is 0 Å². The molecule has 0 atom stereocenters. The predicted octanol–water partition coefficient (Wildman–Crippen LogP) is 5.29. The Bertz CT molecular complexity index is 907. The molecule has 1 aromatic heterocycles. The third kappa shape index (κ3) is 5.45. The number of aryl methyl sites for hydroxylation is 1. The van der Waals surface area contributed by atoms with Gasteiger partial charge in [0.05, 0.1) is 12.3 Å². The summed E-state index contributed by atoms with van der Waals surface area (Å²) in [5.74, 6) is -1.04. The van der Waals surface area contributed by atoms with E-state index in [-0.39, 0.29) is 0 Å². The van der Waals surface area contributed by atoms with Crippen LogP contribution in [0.2, 0.25) is 0 Å². The van der Waals surface area contributed by atoms with Crippen molar-refractivity contribution in [3.8, 4) is 5.75 Å². The van der Waals surface area contributed by atoms with Crippen LogP contribution in [0.1, 0.15) is 23.7 Å². The summed E-state index contributed by atoms with van der Waals surface area (Å²) in [6.07, 6.45) is 5.21. The molecule has 0 aliphatic rings. The smallest absolute Gasteiger partial charge is 0.160 e. The number of pyridine rings is 1. The van der Waals surface area contributed by atoms with Crippen molar-refractivity contribution in [2.45, 2.75) is 19.8 Å². The van der Waals surface area contributed by atoms with E-state index in [4.69, 9.17) is 4.74 Å². The maximum Gasteiger partial charge on any atom is 0.160 e. The van der Waals surface area contributed by atoms with Gasteiger partial charge in [0.1, 0.15) is 5.75 Å². The van der Waals surface area contributed by atoms with E-state index in [1.165, 1.54) is 11.6 Å². The van der Waals surface area contributed by atoms with Gasteiger partial charge in [-0.15, -0.1) is 0 Å². The summed E-state index contributed by atoms with van der Waals surface area (Å²) in [5, 5.41) is 0. The van der Waals surface area contributed by atoms with Crippen molar-refractivity contribution >= 4 is 11.9 Å². The Morgan fingerprint density at radius 1 is 1.00 bits per heavy atom. The number of hydrogen-bond acceptors (Lipinski definition) is 3. The second kappa shape index (κ2) is 9.03. The molecule has 0 spiro atoms. The Balaban J connectivity index is 1.52. The average Bonchev–Trinajstić information content (AvgIpc) is 2.70. The quantitative estimate of drug-likeness (QED) is 0.532. The number of aromatic nitrogens is 1. The fourth-order valence-corrected chi connectivity index (χ4v) is 2.45. The Kier molecular flexibility index (Phi) is 6.26. The van der Waals surface area contributed by atoms with Gasteiger partial charge in [0, 0.05) is 30.6 Å². The van der Waals surface area contributed by atoms with Crippen LogP contribution in [0.5, 0.6) is 5.75 Å². The molecule has 0 unspecified atom stereocenters. The maximum absolute atomic E-state index is 13.2. The van der Waals surface area contributed by atoms with Gasteiger partial charge < -0.3 is 4.74 Å². The highest BCUT2D eigenvalue weighted by Crippen LogP contribution is 2.17. The molecule has 3 nitrogen and oxygen atoms in total. The third-order valence-corrected chi connectivity index (χ3v) is 4.07. The van der Waals surface area contributed by atoms with E-state index in [2.05, 4.69) is 23.0 Å². The molecule has 0 N–H and O–H groups in total. The molecule has 0 aliphatic heterocycles. The lowest BCUT2D eigenvalue weighted by Crippen LogP contribution is -2.03. The highest BCUT2D eigenvalue weighted by molar-refractivity contribution is 5.82. The van der Waals surface area contributed by atoms with Gasteiger partial charge in [0.15, 0.2) is 11.6 Å². The molecule has 0 bridgehead atoms. The van der Waals surface area contributed by atoms with Gasteiger partial charge in [-0.2, -0.15) is 0 Å². The van der Waals surface area contributed by atoms with Crippen molar-refractivity contribution in [2.75, 3.05) is 6.61 Å². The number of hydrogen-bond donors (Lipinski definition) is 0. The van der Waals surface area contributed by atoms with Crippen LogP contribution in [-0.4, -0.2) is 17.8 Å². The molecular weight excluding hydrogens is 346 g/mol. The van der Waals surface area contributed by atoms with Crippen LogP contribution in [0.4, 0.5) is 14.5 Å². The lowest BCUT2D eigenvalue weighted by Gasteiger charge is -2.06. The summed E-state index contributed by atoms with van der Waals surface area (Å²) >= 11 is 0. The van der Waals surface area contributed by atoms with Gasteiger partial charge in [-0.25, -0.2) is 8.78 Å². The van der Waals surface area contributed by atoms with Crippen LogP contribution in [0.25, 0.3) is 0 Å². The number of benzene rings is 2. The molecule has 3 rings (SSSR count). The molecule has 0 saturated heterocycles. The largest absolute Gasteiger partial charge is 0.493 e. The van der Waals surface area contributed by atoms with Gasteiger partial charge in [-0.1, -0.05) is 13.0 Å². The lowest BCUT2D eigenvalue weighted by atomic mass is 10.2. The average molecular weight is 366 g/mol. The summed E-state index contributed by atoms with van der Waals surface area (Å²) in [7, 11) is 0. The summed E-state index contributed by atoms with van der Waals surface area (Å²) in [4.78, 5) is 8.56. The Labute approximate surface area is 157 Å². The molecular formula is C22H20F2N2O. The van der Waals surface area contributed by atoms with Crippen LogP contribution < -0.4 is 4.74 Å². The number of rotatable bonds is 7. The Morgan fingerprint density at radius 3 is 2.48 bits per heavy atom. The first kappa shape index (κ1) is 18.7. The van der Waals surface area contributed by atoms with Crippen molar-refractivity contribution in [1.29, 1.82) is 0 Å². The topological polar surface area (TPSA) is 34.5 Å². The fourth-order valence-electron chi connectivity index (χ4n) is 2.45. The molecule has 0 saturated carbocycles. The molecule has 27 heavy (non-hydrogen) atoms. The van der Waals surface area contributed by atoms with Gasteiger partial charge in [0.2, 0.25) is 0 Å². The first-order chi connectivity index (χ1) is 13.1. The minimum atomic E-state index is -0.910. The van der Waals surface area contributed by atoms with Crippen molar-refractivity contribution in [1.82, 2.24) is 4.98 Å². The number of ether oxygens (including phenoxy) is 1. The molecule has 5 heteroatoms. The van der Waals surface area contributed by atoms with Gasteiger partial charge in [-0.05, 0) is 60.0 Å². The van der Waals surface area contributed by atoms with E-state index in [0.29, 0.717) is 12.3 Å². The zero-order valence-corrected chi connectivity index (χ0v) is 15.0. The number of aliphatic imine (C=N–C) groups is 1. The summed E-state index contributed by atoms with van der Waals surface area (Å²) in [6.45, 7) is 2.65. The van der Waals surface area contributed by atoms with E-state index >= 15 is 0 Å². The standard InChI is InChI=1S/C22H20F2N2O/c1-2-16-3-6-18(25-14-16)11-12-27-20-8-4-17(5-9-20)15-26-19-7-10-21(23)22(24)13-19/h3-10,13-15H,2,11-12H2,1H3. The SMILES string of the molecule is CCc1ccc(CCOc2ccc(C=Nc3ccc(F)c(F)c3)cc2)nc1. The van der Waals surface area contributed by atoms with E-state index in [1.807, 2.05) is 36.5 Å². The third-order valence-electron chi connectivity index (χ3n) is 4.07. The molecule has 3 aromatic rings. The van der Waals surface area contributed by atoms with Crippen LogP contribution in [0, 0.1) is 11.6 Å². The summed E-state index contributed by atoms with van der Waals surface area (Å²) in [6, 6.07) is 15.1. The van der Waals surface area contributed by atoms with Crippen molar-refractivity contribution < 1.29 is 13.5 Å². The first-order valence-corrected chi connectivity index (χ1v) is 8.80. The molecule has 1 heterocycles. The monoisotopic (exact) mass is 366 g/mol. The molecule has 138 valence electrons. The number of halogens is 2. The Hall–Kier alpha value is -3.08. The molecule has 0 radical (unpaired) electrons. The minimum Gasteiger partial charge on any atom is -0.493 e. The lowest BCUT2D eigenvalue weighted by molar-refractivity contribution is 0.320. The van der Waals surface area contributed by atoms with E-state index < -0.39 is 11.6 Å². The van der Waals surface area contributed by atoms with Gasteiger partial charge in [-0.3, -0.25) is 9.98 Å². The second-order valence-corrected chi connectivity index (χ2v) is 6.04. The van der Waals surface area contributed by atoms with E-state index in [9.17, 15) is 8.78 Å². The second-order valence-electron chi connectivity index (χ2n) is 6.04. The molecule has 2 aromatic carbocycles. The van der Waals surface area contributed by atoms with Crippen molar-refractivity contribution in [3.05, 3.63) is 89.2 Å². The maximum atomic E-state index is 13.2. The predicted molar refractivity (Wildman–Crippen MR) is 103 cm³/mol. The minimum absolute atomic E-state index is 0.357. The van der Waals surface area contributed by atoms with Crippen LogP contribution >= 0.6 is 0 Å². The highest BCUT2D eigenvalue weighted by atomic mass is 19.2. The fraction of sp³-hybridized carbons (Fsp3) is 0.182.